The van der Waals surface area contributed by atoms with E-state index >= 15 is 0 Å². The minimum atomic E-state index is -0.502. The van der Waals surface area contributed by atoms with Gasteiger partial charge in [-0.3, -0.25) is 4.39 Å². The van der Waals surface area contributed by atoms with Crippen molar-refractivity contribution >= 4 is 12.4 Å². The van der Waals surface area contributed by atoms with Crippen LogP contribution in [0.5, 0.6) is 11.5 Å². The van der Waals surface area contributed by atoms with Gasteiger partial charge in [0, 0.05) is 11.6 Å². The summed E-state index contributed by atoms with van der Waals surface area (Å²) in [5.74, 6) is 0.679. The Hall–Kier alpha value is -1.00. The summed E-state index contributed by atoms with van der Waals surface area (Å²) in [5, 5.41) is 9.47. The number of alkyl halides is 1. The summed E-state index contributed by atoms with van der Waals surface area (Å²) in [6.45, 7) is -0.502. The number of phenols is 1. The quantitative estimate of drug-likeness (QED) is 0.841. The minimum Gasteiger partial charge on any atom is -0.508 e. The van der Waals surface area contributed by atoms with Crippen LogP contribution in [-0.4, -0.2) is 18.9 Å². The fraction of sp³-hybridized carbons (Fsp3) is 0.400. The van der Waals surface area contributed by atoms with Crippen LogP contribution in [-0.2, 0) is 0 Å². The molecule has 3 nitrogen and oxygen atoms in total. The number of halogens is 2. The molecule has 0 bridgehead atoms. The second-order valence-corrected chi connectivity index (χ2v) is 3.01. The van der Waals surface area contributed by atoms with E-state index in [0.717, 1.165) is 0 Å². The van der Waals surface area contributed by atoms with Gasteiger partial charge in [-0.05, 0) is 24.6 Å². The maximum atomic E-state index is 12.1. The lowest BCUT2D eigenvalue weighted by Gasteiger charge is -2.12. The van der Waals surface area contributed by atoms with Gasteiger partial charge < -0.3 is 15.6 Å². The molecule has 3 N–H and O–H groups in total. The number of phenolic OH excluding ortho intramolecular Hbond substituents is 1. The summed E-state index contributed by atoms with van der Waals surface area (Å²) in [6, 6.07) is 4.25. The molecule has 0 saturated carbocycles. The normalized spacial score (nSPS) is 11.7. The molecule has 86 valence electrons. The highest BCUT2D eigenvalue weighted by molar-refractivity contribution is 5.85. The summed E-state index contributed by atoms with van der Waals surface area (Å²) in [5.41, 5.74) is 6.19. The van der Waals surface area contributed by atoms with Crippen LogP contribution < -0.4 is 10.5 Å². The predicted octanol–water partition coefficient (Wildman–Crippen LogP) is 2.18. The van der Waals surface area contributed by atoms with Crippen molar-refractivity contribution < 1.29 is 14.2 Å². The van der Waals surface area contributed by atoms with Crippen molar-refractivity contribution in [1.82, 2.24) is 0 Å². The zero-order valence-corrected chi connectivity index (χ0v) is 9.26. The Balaban J connectivity index is 0.00000196. The topological polar surface area (TPSA) is 55.5 Å². The number of aromatic hydroxyl groups is 1. The van der Waals surface area contributed by atoms with Crippen LogP contribution >= 0.6 is 12.4 Å². The molecule has 15 heavy (non-hydrogen) atoms. The van der Waals surface area contributed by atoms with Crippen molar-refractivity contribution in [3.05, 3.63) is 23.8 Å². The van der Waals surface area contributed by atoms with Crippen LogP contribution in [0.15, 0.2) is 18.2 Å². The maximum absolute atomic E-state index is 12.1. The molecular formula is C10H15ClFNO2. The average molecular weight is 236 g/mol. The van der Waals surface area contributed by atoms with Crippen LogP contribution in [0.25, 0.3) is 0 Å². The second kappa shape index (κ2) is 6.48. The van der Waals surface area contributed by atoms with Gasteiger partial charge in [-0.25, -0.2) is 0 Å². The standard InChI is InChI=1S/C10H14FNO2.ClH/c1-14-7-2-3-10(13)8(6-7)9(12)4-5-11;/h2-3,6,9,13H,4-5,12H2,1H3;1H/t9-;/m1./s1. The molecule has 0 aliphatic rings. The maximum Gasteiger partial charge on any atom is 0.120 e. The molecule has 1 aromatic carbocycles. The molecule has 1 aromatic rings. The highest BCUT2D eigenvalue weighted by Gasteiger charge is 2.11. The van der Waals surface area contributed by atoms with E-state index in [-0.39, 0.29) is 24.6 Å². The van der Waals surface area contributed by atoms with Crippen molar-refractivity contribution in [3.63, 3.8) is 0 Å². The third kappa shape index (κ3) is 3.57. The van der Waals surface area contributed by atoms with E-state index < -0.39 is 12.7 Å². The van der Waals surface area contributed by atoms with Crippen molar-refractivity contribution in [2.24, 2.45) is 5.73 Å². The van der Waals surface area contributed by atoms with Gasteiger partial charge >= 0.3 is 0 Å². The molecule has 5 heteroatoms. The van der Waals surface area contributed by atoms with E-state index in [1.165, 1.54) is 13.2 Å². The summed E-state index contributed by atoms with van der Waals surface area (Å²) in [6.07, 6.45) is 0.195. The van der Waals surface area contributed by atoms with Gasteiger partial charge in [0.1, 0.15) is 11.5 Å². The first-order valence-electron chi connectivity index (χ1n) is 4.37. The van der Waals surface area contributed by atoms with E-state index in [0.29, 0.717) is 11.3 Å². The number of methoxy groups -OCH3 is 1. The summed E-state index contributed by atoms with van der Waals surface area (Å²) < 4.78 is 17.0. The molecule has 0 saturated heterocycles. The molecule has 0 radical (unpaired) electrons. The number of ether oxygens (including phenoxy) is 1. The molecule has 0 unspecified atom stereocenters. The highest BCUT2D eigenvalue weighted by atomic mass is 35.5. The van der Waals surface area contributed by atoms with Gasteiger partial charge in [-0.2, -0.15) is 0 Å². The van der Waals surface area contributed by atoms with Crippen LogP contribution in [0.4, 0.5) is 4.39 Å². The first-order chi connectivity index (χ1) is 6.69. The van der Waals surface area contributed by atoms with Crippen LogP contribution in [0.2, 0.25) is 0 Å². The van der Waals surface area contributed by atoms with Gasteiger partial charge in [0.15, 0.2) is 0 Å². The molecule has 1 rings (SSSR count). The summed E-state index contributed by atoms with van der Waals surface area (Å²) in [4.78, 5) is 0. The van der Waals surface area contributed by atoms with Gasteiger partial charge in [0.05, 0.1) is 13.8 Å². The van der Waals surface area contributed by atoms with E-state index in [1.54, 1.807) is 12.1 Å². The van der Waals surface area contributed by atoms with E-state index in [2.05, 4.69) is 0 Å². The molecule has 0 aromatic heterocycles. The van der Waals surface area contributed by atoms with Gasteiger partial charge in [0.2, 0.25) is 0 Å². The lowest BCUT2D eigenvalue weighted by molar-refractivity contribution is 0.403. The van der Waals surface area contributed by atoms with Crippen LogP contribution in [0, 0.1) is 0 Å². The number of hydrogen-bond donors (Lipinski definition) is 2. The van der Waals surface area contributed by atoms with Gasteiger partial charge in [-0.15, -0.1) is 12.4 Å². The van der Waals surface area contributed by atoms with E-state index in [4.69, 9.17) is 10.5 Å². The number of rotatable bonds is 4. The molecule has 0 aliphatic carbocycles. The highest BCUT2D eigenvalue weighted by Crippen LogP contribution is 2.28. The Morgan fingerprint density at radius 2 is 2.20 bits per heavy atom. The third-order valence-electron chi connectivity index (χ3n) is 2.05. The number of benzene rings is 1. The monoisotopic (exact) mass is 235 g/mol. The van der Waals surface area contributed by atoms with Crippen molar-refractivity contribution in [2.75, 3.05) is 13.8 Å². The second-order valence-electron chi connectivity index (χ2n) is 3.01. The zero-order valence-electron chi connectivity index (χ0n) is 8.44. The fourth-order valence-electron chi connectivity index (χ4n) is 1.23. The number of hydrogen-bond acceptors (Lipinski definition) is 3. The Morgan fingerprint density at radius 1 is 1.53 bits per heavy atom. The van der Waals surface area contributed by atoms with Crippen LogP contribution in [0.3, 0.4) is 0 Å². The molecule has 0 spiro atoms. The van der Waals surface area contributed by atoms with Crippen molar-refractivity contribution in [2.45, 2.75) is 12.5 Å². The Kier molecular flexibility index (Phi) is 6.05. The Bertz CT molecular complexity index is 309. The predicted molar refractivity (Wildman–Crippen MR) is 59.4 cm³/mol. The van der Waals surface area contributed by atoms with E-state index in [9.17, 15) is 9.50 Å². The van der Waals surface area contributed by atoms with Crippen molar-refractivity contribution in [3.8, 4) is 11.5 Å². The number of nitrogens with two attached hydrogens (primary N) is 1. The fourth-order valence-corrected chi connectivity index (χ4v) is 1.23. The lowest BCUT2D eigenvalue weighted by atomic mass is 10.0. The first-order valence-corrected chi connectivity index (χ1v) is 4.37. The lowest BCUT2D eigenvalue weighted by Crippen LogP contribution is -2.11. The van der Waals surface area contributed by atoms with Crippen LogP contribution in [0.1, 0.15) is 18.0 Å². The average Bonchev–Trinajstić information content (AvgIpc) is 2.19. The van der Waals surface area contributed by atoms with Gasteiger partial charge in [0.25, 0.3) is 0 Å². The van der Waals surface area contributed by atoms with E-state index in [1.807, 2.05) is 0 Å². The molecule has 0 aliphatic heterocycles. The largest absolute Gasteiger partial charge is 0.508 e. The van der Waals surface area contributed by atoms with Crippen molar-refractivity contribution in [1.29, 1.82) is 0 Å². The zero-order chi connectivity index (χ0) is 10.6. The molecular weight excluding hydrogens is 221 g/mol. The SMILES string of the molecule is COc1ccc(O)c([C@H](N)CCF)c1.Cl. The molecule has 0 heterocycles. The summed E-state index contributed by atoms with van der Waals surface area (Å²) >= 11 is 0. The Morgan fingerprint density at radius 3 is 2.73 bits per heavy atom. The smallest absolute Gasteiger partial charge is 0.120 e. The molecule has 0 fully saturated rings. The van der Waals surface area contributed by atoms with Gasteiger partial charge in [-0.1, -0.05) is 0 Å². The minimum absolute atomic E-state index is 0. The molecule has 1 atom stereocenters. The molecule has 0 amide bonds. The Labute approximate surface area is 94.5 Å². The summed E-state index contributed by atoms with van der Waals surface area (Å²) in [7, 11) is 1.52. The third-order valence-corrected chi connectivity index (χ3v) is 2.05. The first kappa shape index (κ1) is 14.0.